The van der Waals surface area contributed by atoms with Crippen molar-refractivity contribution in [1.82, 2.24) is 20.1 Å². The maximum Gasteiger partial charge on any atom is 0.409 e. The zero-order valence-electron chi connectivity index (χ0n) is 23.5. The Morgan fingerprint density at radius 2 is 1.67 bits per heavy atom. The van der Waals surface area contributed by atoms with Crippen molar-refractivity contribution >= 4 is 34.8 Å². The molecule has 2 aromatic rings. The highest BCUT2D eigenvalue weighted by molar-refractivity contribution is 5.98. The van der Waals surface area contributed by atoms with Gasteiger partial charge in [0.2, 0.25) is 5.91 Å². The van der Waals surface area contributed by atoms with Gasteiger partial charge in [-0.2, -0.15) is 0 Å². The number of ether oxygens (including phenoxy) is 2. The van der Waals surface area contributed by atoms with Crippen molar-refractivity contribution in [1.29, 1.82) is 0 Å². The number of esters is 1. The standard InChI is InChI=1S/C28H38N4O7/c1-7-38-27(37)32-12-10-31(11-13-32)26(36)19(8-9-23(34)39-28(4,5)6)30-25(35)21-16-22(33)24-18(3)14-17(2)15-20(24)29-21/h14-16,19H,7-13H2,1-6H3,(H,29,33)(H,30,35)/t19-/m0/s1. The summed E-state index contributed by atoms with van der Waals surface area (Å²) >= 11 is 0. The largest absolute Gasteiger partial charge is 0.460 e. The van der Waals surface area contributed by atoms with Gasteiger partial charge in [0.05, 0.1) is 12.1 Å². The zero-order chi connectivity index (χ0) is 28.9. The molecule has 1 saturated heterocycles. The average Bonchev–Trinajstić information content (AvgIpc) is 2.84. The Hall–Kier alpha value is -3.89. The Kier molecular flexibility index (Phi) is 9.36. The van der Waals surface area contributed by atoms with Gasteiger partial charge < -0.3 is 29.6 Å². The summed E-state index contributed by atoms with van der Waals surface area (Å²) in [5, 5.41) is 3.21. The van der Waals surface area contributed by atoms with Crippen molar-refractivity contribution in [3.8, 4) is 0 Å². The number of carbonyl (C=O) groups excluding carboxylic acids is 4. The highest BCUT2D eigenvalue weighted by Gasteiger charge is 2.31. The highest BCUT2D eigenvalue weighted by Crippen LogP contribution is 2.17. The van der Waals surface area contributed by atoms with Crippen molar-refractivity contribution < 1.29 is 28.7 Å². The smallest absolute Gasteiger partial charge is 0.409 e. The van der Waals surface area contributed by atoms with Crippen molar-refractivity contribution in [2.24, 2.45) is 0 Å². The molecule has 2 heterocycles. The third-order valence-corrected chi connectivity index (χ3v) is 6.29. The van der Waals surface area contributed by atoms with Crippen LogP contribution < -0.4 is 10.7 Å². The molecular formula is C28H38N4O7. The van der Waals surface area contributed by atoms with Gasteiger partial charge in [-0.25, -0.2) is 4.79 Å². The number of pyridine rings is 1. The number of carbonyl (C=O) groups is 4. The molecule has 3 rings (SSSR count). The van der Waals surface area contributed by atoms with Gasteiger partial charge in [-0.05, 0) is 65.2 Å². The molecule has 212 valence electrons. The molecule has 3 amide bonds. The summed E-state index contributed by atoms with van der Waals surface area (Å²) in [6.07, 6.45) is -0.526. The molecule has 2 N–H and O–H groups in total. The number of benzene rings is 1. The number of nitrogens with zero attached hydrogens (tertiary/aromatic N) is 2. The van der Waals surface area contributed by atoms with Gasteiger partial charge in [0, 0.05) is 44.1 Å². The summed E-state index contributed by atoms with van der Waals surface area (Å²) in [6, 6.07) is 3.85. The predicted octanol–water partition coefficient (Wildman–Crippen LogP) is 2.67. The van der Waals surface area contributed by atoms with E-state index in [2.05, 4.69) is 10.3 Å². The molecule has 1 atom stereocenters. The summed E-state index contributed by atoms with van der Waals surface area (Å²) in [5.74, 6) is -1.52. The molecule has 1 aliphatic rings. The minimum absolute atomic E-state index is 0.00755. The van der Waals surface area contributed by atoms with E-state index < -0.39 is 29.6 Å². The highest BCUT2D eigenvalue weighted by atomic mass is 16.6. The molecular weight excluding hydrogens is 504 g/mol. The minimum Gasteiger partial charge on any atom is -0.460 e. The monoisotopic (exact) mass is 542 g/mol. The van der Waals surface area contributed by atoms with Crippen LogP contribution in [0.3, 0.4) is 0 Å². The lowest BCUT2D eigenvalue weighted by Gasteiger charge is -2.36. The van der Waals surface area contributed by atoms with Gasteiger partial charge >= 0.3 is 12.1 Å². The van der Waals surface area contributed by atoms with Crippen LogP contribution in [0.5, 0.6) is 0 Å². The van der Waals surface area contributed by atoms with E-state index in [1.807, 2.05) is 19.9 Å². The second-order valence-electron chi connectivity index (χ2n) is 10.7. The van der Waals surface area contributed by atoms with Crippen LogP contribution in [0.4, 0.5) is 4.79 Å². The number of hydrogen-bond donors (Lipinski definition) is 2. The van der Waals surface area contributed by atoms with Crippen LogP contribution in [0, 0.1) is 13.8 Å². The fourth-order valence-electron chi connectivity index (χ4n) is 4.59. The van der Waals surface area contributed by atoms with Gasteiger partial charge in [0.25, 0.3) is 5.91 Å². The number of aromatic amines is 1. The third kappa shape index (κ3) is 7.81. The van der Waals surface area contributed by atoms with Crippen LogP contribution in [0.15, 0.2) is 23.0 Å². The fraction of sp³-hybridized carbons (Fsp3) is 0.536. The number of rotatable bonds is 7. The van der Waals surface area contributed by atoms with Gasteiger partial charge in [-0.15, -0.1) is 0 Å². The molecule has 11 nitrogen and oxygen atoms in total. The summed E-state index contributed by atoms with van der Waals surface area (Å²) in [5.41, 5.74) is 1.27. The Bertz CT molecular complexity index is 1300. The Morgan fingerprint density at radius 3 is 2.28 bits per heavy atom. The van der Waals surface area contributed by atoms with Crippen molar-refractivity contribution in [3.05, 3.63) is 45.2 Å². The number of nitrogens with one attached hydrogen (secondary N) is 2. The number of aromatic nitrogens is 1. The summed E-state index contributed by atoms with van der Waals surface area (Å²) < 4.78 is 10.4. The van der Waals surface area contributed by atoms with Crippen LogP contribution in [0.2, 0.25) is 0 Å². The second kappa shape index (κ2) is 12.3. The number of fused-ring (bicyclic) bond motifs is 1. The molecule has 0 bridgehead atoms. The Labute approximate surface area is 227 Å². The summed E-state index contributed by atoms with van der Waals surface area (Å²) in [6.45, 7) is 12.0. The molecule has 0 saturated carbocycles. The van der Waals surface area contributed by atoms with E-state index in [9.17, 15) is 24.0 Å². The number of piperazine rings is 1. The molecule has 0 aliphatic carbocycles. The summed E-state index contributed by atoms with van der Waals surface area (Å²) in [7, 11) is 0. The van der Waals surface area contributed by atoms with Crippen molar-refractivity contribution in [2.75, 3.05) is 32.8 Å². The maximum absolute atomic E-state index is 13.5. The molecule has 1 fully saturated rings. The SMILES string of the molecule is CCOC(=O)N1CCN(C(=O)[C@H](CCC(=O)OC(C)(C)C)NC(=O)c2cc(=O)c3c(C)cc(C)cc3[nH]2)CC1. The summed E-state index contributed by atoms with van der Waals surface area (Å²) in [4.78, 5) is 70.0. The van der Waals surface area contributed by atoms with Gasteiger partial charge in [-0.3, -0.25) is 19.2 Å². The lowest BCUT2D eigenvalue weighted by Crippen LogP contribution is -2.56. The third-order valence-electron chi connectivity index (χ3n) is 6.29. The number of aryl methyl sites for hydroxylation is 2. The van der Waals surface area contributed by atoms with Gasteiger partial charge in [0.1, 0.15) is 17.3 Å². The van der Waals surface area contributed by atoms with E-state index in [-0.39, 0.29) is 62.7 Å². The molecule has 11 heteroatoms. The van der Waals surface area contributed by atoms with Crippen LogP contribution >= 0.6 is 0 Å². The first-order valence-electron chi connectivity index (χ1n) is 13.2. The van der Waals surface area contributed by atoms with E-state index in [1.54, 1.807) is 38.7 Å². The minimum atomic E-state index is -1.04. The van der Waals surface area contributed by atoms with Crippen LogP contribution in [0.1, 0.15) is 62.2 Å². The van der Waals surface area contributed by atoms with Crippen LogP contribution in [-0.2, 0) is 19.1 Å². The first-order valence-corrected chi connectivity index (χ1v) is 13.2. The van der Waals surface area contributed by atoms with Gasteiger partial charge in [0.15, 0.2) is 5.43 Å². The quantitative estimate of drug-likeness (QED) is 0.513. The lowest BCUT2D eigenvalue weighted by atomic mass is 10.0. The van der Waals surface area contributed by atoms with E-state index in [0.29, 0.717) is 10.9 Å². The molecule has 0 radical (unpaired) electrons. The van der Waals surface area contributed by atoms with E-state index >= 15 is 0 Å². The lowest BCUT2D eigenvalue weighted by molar-refractivity contribution is -0.155. The first-order chi connectivity index (χ1) is 18.3. The van der Waals surface area contributed by atoms with Crippen LogP contribution in [-0.4, -0.2) is 83.1 Å². The zero-order valence-corrected chi connectivity index (χ0v) is 23.5. The van der Waals surface area contributed by atoms with Gasteiger partial charge in [-0.1, -0.05) is 6.07 Å². The number of hydrogen-bond acceptors (Lipinski definition) is 7. The number of H-pyrrole nitrogens is 1. The van der Waals surface area contributed by atoms with E-state index in [0.717, 1.165) is 11.1 Å². The molecule has 1 aliphatic heterocycles. The normalized spacial score (nSPS) is 14.6. The molecule has 1 aromatic carbocycles. The fourth-order valence-corrected chi connectivity index (χ4v) is 4.59. The second-order valence-corrected chi connectivity index (χ2v) is 10.7. The Morgan fingerprint density at radius 1 is 1.03 bits per heavy atom. The topological polar surface area (TPSA) is 138 Å². The van der Waals surface area contributed by atoms with E-state index in [4.69, 9.17) is 9.47 Å². The number of amides is 3. The Balaban J connectivity index is 1.80. The molecule has 0 spiro atoms. The van der Waals surface area contributed by atoms with Crippen molar-refractivity contribution in [3.63, 3.8) is 0 Å². The predicted molar refractivity (Wildman–Crippen MR) is 146 cm³/mol. The molecule has 1 aromatic heterocycles. The van der Waals surface area contributed by atoms with Crippen LogP contribution in [0.25, 0.3) is 10.9 Å². The van der Waals surface area contributed by atoms with Crippen molar-refractivity contribution in [2.45, 2.75) is 66.0 Å². The first kappa shape index (κ1) is 29.7. The maximum atomic E-state index is 13.5. The molecule has 0 unspecified atom stereocenters. The average molecular weight is 543 g/mol. The molecule has 39 heavy (non-hydrogen) atoms. The van der Waals surface area contributed by atoms with E-state index in [1.165, 1.54) is 11.0 Å².